The third kappa shape index (κ3) is 2.77. The van der Waals surface area contributed by atoms with Crippen molar-refractivity contribution in [2.45, 2.75) is 6.04 Å². The molecule has 0 saturated heterocycles. The van der Waals surface area contributed by atoms with Crippen molar-refractivity contribution in [2.75, 3.05) is 7.11 Å². The first-order valence-electron chi connectivity index (χ1n) is 5.06. The second kappa shape index (κ2) is 5.69. The highest BCUT2D eigenvalue weighted by Crippen LogP contribution is 2.36. The molecular formula is C12H10Br2FNOS. The standard InChI is InChI=1S/C12H10Br2FNOS/c1-17-9-5-8(15)7(13)4-6(9)12(16)10-2-3-11(14)18-10/h2-5,12H,16H2,1H3. The normalized spacial score (nSPS) is 12.5. The molecule has 2 N–H and O–H groups in total. The smallest absolute Gasteiger partial charge is 0.141 e. The number of rotatable bonds is 3. The lowest BCUT2D eigenvalue weighted by molar-refractivity contribution is 0.404. The van der Waals surface area contributed by atoms with Gasteiger partial charge in [-0.3, -0.25) is 0 Å². The van der Waals surface area contributed by atoms with Gasteiger partial charge in [0.1, 0.15) is 11.6 Å². The van der Waals surface area contributed by atoms with Crippen LogP contribution in [0.3, 0.4) is 0 Å². The van der Waals surface area contributed by atoms with Gasteiger partial charge in [0.25, 0.3) is 0 Å². The molecule has 1 aromatic heterocycles. The lowest BCUT2D eigenvalue weighted by Crippen LogP contribution is -2.12. The molecule has 2 aromatic rings. The molecular weight excluding hydrogens is 385 g/mol. The largest absolute Gasteiger partial charge is 0.496 e. The lowest BCUT2D eigenvalue weighted by atomic mass is 10.1. The van der Waals surface area contributed by atoms with Gasteiger partial charge in [0, 0.05) is 16.5 Å². The Morgan fingerprint density at radius 3 is 2.61 bits per heavy atom. The summed E-state index contributed by atoms with van der Waals surface area (Å²) in [6, 6.07) is 6.53. The molecule has 18 heavy (non-hydrogen) atoms. The molecule has 1 unspecified atom stereocenters. The quantitative estimate of drug-likeness (QED) is 0.833. The molecule has 0 fully saturated rings. The molecule has 0 radical (unpaired) electrons. The minimum atomic E-state index is -0.366. The average molecular weight is 395 g/mol. The molecule has 0 amide bonds. The monoisotopic (exact) mass is 393 g/mol. The number of ether oxygens (including phenoxy) is 1. The Kier molecular flexibility index (Phi) is 4.42. The minimum Gasteiger partial charge on any atom is -0.496 e. The summed E-state index contributed by atoms with van der Waals surface area (Å²) >= 11 is 8.11. The second-order valence-corrected chi connectivity index (χ2v) is 6.98. The van der Waals surface area contributed by atoms with Crippen LogP contribution >= 0.6 is 43.2 Å². The highest BCUT2D eigenvalue weighted by Gasteiger charge is 2.18. The van der Waals surface area contributed by atoms with E-state index in [9.17, 15) is 4.39 Å². The first kappa shape index (κ1) is 14.0. The molecule has 6 heteroatoms. The molecule has 0 spiro atoms. The number of nitrogens with two attached hydrogens (primary N) is 1. The number of hydrogen-bond acceptors (Lipinski definition) is 3. The molecule has 0 aliphatic heterocycles. The van der Waals surface area contributed by atoms with Gasteiger partial charge < -0.3 is 10.5 Å². The third-order valence-electron chi connectivity index (χ3n) is 2.51. The van der Waals surface area contributed by atoms with Crippen LogP contribution in [0.2, 0.25) is 0 Å². The SMILES string of the molecule is COc1cc(F)c(Br)cc1C(N)c1ccc(Br)s1. The summed E-state index contributed by atoms with van der Waals surface area (Å²) in [4.78, 5) is 0.985. The van der Waals surface area contributed by atoms with Gasteiger partial charge >= 0.3 is 0 Å². The summed E-state index contributed by atoms with van der Waals surface area (Å²) in [7, 11) is 1.50. The predicted molar refractivity (Wildman–Crippen MR) is 78.7 cm³/mol. The van der Waals surface area contributed by atoms with E-state index >= 15 is 0 Å². The Labute approximate surface area is 125 Å². The van der Waals surface area contributed by atoms with E-state index in [0.717, 1.165) is 14.2 Å². The maximum atomic E-state index is 13.4. The number of thiophene rings is 1. The Morgan fingerprint density at radius 2 is 2.06 bits per heavy atom. The molecule has 96 valence electrons. The van der Waals surface area contributed by atoms with E-state index in [0.29, 0.717) is 10.2 Å². The van der Waals surface area contributed by atoms with E-state index in [4.69, 9.17) is 10.5 Å². The van der Waals surface area contributed by atoms with Gasteiger partial charge in [-0.2, -0.15) is 0 Å². The minimum absolute atomic E-state index is 0.340. The highest BCUT2D eigenvalue weighted by molar-refractivity contribution is 9.11. The van der Waals surface area contributed by atoms with Gasteiger partial charge in [-0.25, -0.2) is 4.39 Å². The van der Waals surface area contributed by atoms with E-state index in [1.54, 1.807) is 17.4 Å². The predicted octanol–water partition coefficient (Wildman–Crippen LogP) is 4.47. The van der Waals surface area contributed by atoms with E-state index in [1.165, 1.54) is 13.2 Å². The van der Waals surface area contributed by atoms with Crippen molar-refractivity contribution in [3.05, 3.63) is 48.8 Å². The van der Waals surface area contributed by atoms with Crippen molar-refractivity contribution in [3.63, 3.8) is 0 Å². The van der Waals surface area contributed by atoms with Crippen molar-refractivity contribution < 1.29 is 9.13 Å². The maximum Gasteiger partial charge on any atom is 0.141 e. The highest BCUT2D eigenvalue weighted by atomic mass is 79.9. The molecule has 2 nitrogen and oxygen atoms in total. The van der Waals surface area contributed by atoms with Crippen molar-refractivity contribution in [1.29, 1.82) is 0 Å². The fourth-order valence-corrected chi connectivity index (χ4v) is 3.42. The molecule has 0 saturated carbocycles. The van der Waals surface area contributed by atoms with Crippen molar-refractivity contribution >= 4 is 43.2 Å². The van der Waals surface area contributed by atoms with Gasteiger partial charge in [-0.1, -0.05) is 0 Å². The Bertz CT molecular complexity index is 573. The van der Waals surface area contributed by atoms with E-state index in [2.05, 4.69) is 31.9 Å². The Hall–Kier alpha value is -0.430. The summed E-state index contributed by atoms with van der Waals surface area (Å²) < 4.78 is 20.0. The average Bonchev–Trinajstić information content (AvgIpc) is 2.78. The van der Waals surface area contributed by atoms with Crippen LogP contribution in [0.15, 0.2) is 32.5 Å². The first-order chi connectivity index (χ1) is 8.52. The van der Waals surface area contributed by atoms with Crippen LogP contribution in [0.5, 0.6) is 5.75 Å². The number of benzene rings is 1. The van der Waals surface area contributed by atoms with Crippen LogP contribution in [0.4, 0.5) is 4.39 Å². The van der Waals surface area contributed by atoms with Gasteiger partial charge in [0.05, 0.1) is 21.4 Å². The van der Waals surface area contributed by atoms with E-state index in [1.807, 2.05) is 12.1 Å². The van der Waals surface area contributed by atoms with Gasteiger partial charge in [0.2, 0.25) is 0 Å². The fraction of sp³-hybridized carbons (Fsp3) is 0.167. The van der Waals surface area contributed by atoms with Crippen LogP contribution in [-0.2, 0) is 0 Å². The summed E-state index contributed by atoms with van der Waals surface area (Å²) in [6.07, 6.45) is 0. The third-order valence-corrected chi connectivity index (χ3v) is 4.82. The number of methoxy groups -OCH3 is 1. The molecule has 0 bridgehead atoms. The Balaban J connectivity index is 2.46. The zero-order valence-electron chi connectivity index (χ0n) is 9.41. The van der Waals surface area contributed by atoms with Crippen LogP contribution in [-0.4, -0.2) is 7.11 Å². The number of halogens is 3. The maximum absolute atomic E-state index is 13.4. The summed E-state index contributed by atoms with van der Waals surface area (Å²) in [5.74, 6) is 0.0860. The molecule has 1 aromatic carbocycles. The second-order valence-electron chi connectivity index (χ2n) is 3.63. The summed E-state index contributed by atoms with van der Waals surface area (Å²) in [5, 5.41) is 0. The molecule has 0 aliphatic rings. The van der Waals surface area contributed by atoms with Crippen molar-refractivity contribution in [2.24, 2.45) is 5.73 Å². The molecule has 1 atom stereocenters. The van der Waals surface area contributed by atoms with Gasteiger partial charge in [0.15, 0.2) is 0 Å². The fourth-order valence-electron chi connectivity index (χ4n) is 1.61. The summed E-state index contributed by atoms with van der Waals surface area (Å²) in [5.41, 5.74) is 6.94. The molecule has 1 heterocycles. The van der Waals surface area contributed by atoms with Gasteiger partial charge in [-0.05, 0) is 50.1 Å². The topological polar surface area (TPSA) is 35.2 Å². The van der Waals surface area contributed by atoms with Crippen LogP contribution in [0.25, 0.3) is 0 Å². The Morgan fingerprint density at radius 1 is 1.33 bits per heavy atom. The zero-order chi connectivity index (χ0) is 13.3. The number of hydrogen-bond donors (Lipinski definition) is 1. The van der Waals surface area contributed by atoms with Crippen LogP contribution in [0.1, 0.15) is 16.5 Å². The lowest BCUT2D eigenvalue weighted by Gasteiger charge is -2.15. The van der Waals surface area contributed by atoms with Crippen LogP contribution in [0, 0.1) is 5.82 Å². The van der Waals surface area contributed by atoms with E-state index in [-0.39, 0.29) is 11.9 Å². The summed E-state index contributed by atoms with van der Waals surface area (Å²) in [6.45, 7) is 0. The van der Waals surface area contributed by atoms with Crippen LogP contribution < -0.4 is 10.5 Å². The van der Waals surface area contributed by atoms with Crippen molar-refractivity contribution in [1.82, 2.24) is 0 Å². The van der Waals surface area contributed by atoms with Gasteiger partial charge in [-0.15, -0.1) is 11.3 Å². The zero-order valence-corrected chi connectivity index (χ0v) is 13.4. The molecule has 0 aliphatic carbocycles. The van der Waals surface area contributed by atoms with E-state index < -0.39 is 0 Å². The first-order valence-corrected chi connectivity index (χ1v) is 7.47. The van der Waals surface area contributed by atoms with Crippen molar-refractivity contribution in [3.8, 4) is 5.75 Å². The molecule has 2 rings (SSSR count).